The predicted molar refractivity (Wildman–Crippen MR) is 104 cm³/mol. The summed E-state index contributed by atoms with van der Waals surface area (Å²) in [5.74, 6) is -1.16. The third-order valence-corrected chi connectivity index (χ3v) is 5.26. The van der Waals surface area contributed by atoms with Gasteiger partial charge in [-0.05, 0) is 42.5 Å². The van der Waals surface area contributed by atoms with Crippen LogP contribution in [0.2, 0.25) is 0 Å². The lowest BCUT2D eigenvalue weighted by atomic mass is 10.1. The Hall–Kier alpha value is -3.01. The minimum absolute atomic E-state index is 0.0834. The zero-order valence-electron chi connectivity index (χ0n) is 15.1. The molecule has 1 atom stereocenters. The van der Waals surface area contributed by atoms with E-state index in [1.807, 2.05) is 0 Å². The number of amides is 3. The lowest BCUT2D eigenvalue weighted by Crippen LogP contribution is -2.32. The Morgan fingerprint density at radius 2 is 1.69 bits per heavy atom. The van der Waals surface area contributed by atoms with Gasteiger partial charge in [-0.3, -0.25) is 14.4 Å². The summed E-state index contributed by atoms with van der Waals surface area (Å²) in [6.45, 7) is 1.38. The minimum atomic E-state index is -4.50. The first-order valence-corrected chi connectivity index (χ1v) is 9.36. The van der Waals surface area contributed by atoms with Gasteiger partial charge in [-0.1, -0.05) is 0 Å². The van der Waals surface area contributed by atoms with E-state index in [1.165, 1.54) is 13.0 Å². The molecule has 2 aromatic carbocycles. The predicted octanol–water partition coefficient (Wildman–Crippen LogP) is 4.11. The zero-order valence-corrected chi connectivity index (χ0v) is 15.9. The van der Waals surface area contributed by atoms with Gasteiger partial charge in [0.2, 0.25) is 17.7 Å². The smallest absolute Gasteiger partial charge is 0.326 e. The molecule has 0 radical (unpaired) electrons. The van der Waals surface area contributed by atoms with Crippen molar-refractivity contribution in [2.75, 3.05) is 16.0 Å². The number of hydrogen-bond acceptors (Lipinski definition) is 4. The number of hydrogen-bond donors (Lipinski definition) is 3. The van der Waals surface area contributed by atoms with E-state index in [4.69, 9.17) is 0 Å². The minimum Gasteiger partial charge on any atom is -0.326 e. The molecule has 3 amide bonds. The zero-order chi connectivity index (χ0) is 21.2. The molecule has 0 fully saturated rings. The summed E-state index contributed by atoms with van der Waals surface area (Å²) in [6.07, 6.45) is -4.65. The van der Waals surface area contributed by atoms with Crippen molar-refractivity contribution in [2.24, 2.45) is 0 Å². The molecule has 1 aliphatic heterocycles. The SMILES string of the molecule is CC(=O)Nc1ccc(NC(=O)C[C@H]2Sc3ccc(C(F)(F)F)cc3NC2=O)cc1. The van der Waals surface area contributed by atoms with Gasteiger partial charge in [-0.2, -0.15) is 13.2 Å². The molecule has 2 aromatic rings. The molecule has 0 saturated heterocycles. The highest BCUT2D eigenvalue weighted by molar-refractivity contribution is 8.01. The molecule has 0 aliphatic carbocycles. The fourth-order valence-electron chi connectivity index (χ4n) is 2.68. The van der Waals surface area contributed by atoms with Crippen LogP contribution in [0.3, 0.4) is 0 Å². The Morgan fingerprint density at radius 1 is 1.07 bits per heavy atom. The van der Waals surface area contributed by atoms with E-state index in [0.29, 0.717) is 16.3 Å². The average Bonchev–Trinajstić information content (AvgIpc) is 2.62. The number of alkyl halides is 3. The van der Waals surface area contributed by atoms with E-state index in [0.717, 1.165) is 23.9 Å². The van der Waals surface area contributed by atoms with Crippen molar-refractivity contribution in [3.05, 3.63) is 48.0 Å². The quantitative estimate of drug-likeness (QED) is 0.691. The number of rotatable bonds is 4. The number of anilines is 3. The lowest BCUT2D eigenvalue weighted by molar-refractivity contribution is -0.137. The van der Waals surface area contributed by atoms with Gasteiger partial charge in [0, 0.05) is 29.6 Å². The first-order chi connectivity index (χ1) is 13.6. The Morgan fingerprint density at radius 3 is 2.28 bits per heavy atom. The summed E-state index contributed by atoms with van der Waals surface area (Å²) in [7, 11) is 0. The lowest BCUT2D eigenvalue weighted by Gasteiger charge is -2.24. The normalized spacial score (nSPS) is 15.9. The van der Waals surface area contributed by atoms with E-state index in [-0.39, 0.29) is 18.0 Å². The molecule has 10 heteroatoms. The Bertz CT molecular complexity index is 961. The van der Waals surface area contributed by atoms with E-state index in [1.54, 1.807) is 24.3 Å². The van der Waals surface area contributed by atoms with Crippen LogP contribution >= 0.6 is 11.8 Å². The first-order valence-electron chi connectivity index (χ1n) is 8.48. The van der Waals surface area contributed by atoms with Crippen LogP contribution in [-0.4, -0.2) is 23.0 Å². The van der Waals surface area contributed by atoms with Crippen LogP contribution in [0.4, 0.5) is 30.2 Å². The molecule has 1 aliphatic rings. The summed E-state index contributed by atoms with van der Waals surface area (Å²) >= 11 is 1.04. The Kier molecular flexibility index (Phi) is 5.83. The highest BCUT2D eigenvalue weighted by Crippen LogP contribution is 2.40. The number of fused-ring (bicyclic) bond motifs is 1. The van der Waals surface area contributed by atoms with Crippen LogP contribution in [0, 0.1) is 0 Å². The molecule has 3 rings (SSSR count). The van der Waals surface area contributed by atoms with E-state index >= 15 is 0 Å². The topological polar surface area (TPSA) is 87.3 Å². The van der Waals surface area contributed by atoms with Gasteiger partial charge in [-0.15, -0.1) is 11.8 Å². The highest BCUT2D eigenvalue weighted by atomic mass is 32.2. The molecule has 0 aromatic heterocycles. The number of carbonyl (C=O) groups is 3. The average molecular weight is 423 g/mol. The van der Waals surface area contributed by atoms with Crippen molar-refractivity contribution >= 4 is 46.5 Å². The van der Waals surface area contributed by atoms with E-state index in [2.05, 4.69) is 16.0 Å². The maximum absolute atomic E-state index is 12.8. The summed E-state index contributed by atoms with van der Waals surface area (Å²) in [4.78, 5) is 36.0. The summed E-state index contributed by atoms with van der Waals surface area (Å²) in [5, 5.41) is 6.92. The van der Waals surface area contributed by atoms with Gasteiger partial charge in [-0.25, -0.2) is 0 Å². The highest BCUT2D eigenvalue weighted by Gasteiger charge is 2.34. The maximum atomic E-state index is 12.8. The van der Waals surface area contributed by atoms with Crippen LogP contribution in [-0.2, 0) is 20.6 Å². The molecule has 3 N–H and O–H groups in total. The fourth-order valence-corrected chi connectivity index (χ4v) is 3.77. The van der Waals surface area contributed by atoms with Gasteiger partial charge in [0.25, 0.3) is 0 Å². The molecule has 0 bridgehead atoms. The number of nitrogens with one attached hydrogen (secondary N) is 3. The van der Waals surface area contributed by atoms with Gasteiger partial charge >= 0.3 is 6.18 Å². The second-order valence-corrected chi connectivity index (χ2v) is 7.56. The van der Waals surface area contributed by atoms with Crippen molar-refractivity contribution in [2.45, 2.75) is 29.7 Å². The van der Waals surface area contributed by atoms with E-state index < -0.39 is 28.8 Å². The van der Waals surface area contributed by atoms with Crippen LogP contribution in [0.15, 0.2) is 47.4 Å². The molecular formula is C19H16F3N3O3S. The maximum Gasteiger partial charge on any atom is 0.416 e. The molecular weight excluding hydrogens is 407 g/mol. The van der Waals surface area contributed by atoms with Crippen LogP contribution in [0.1, 0.15) is 18.9 Å². The number of thioether (sulfide) groups is 1. The summed E-state index contributed by atoms with van der Waals surface area (Å²) in [6, 6.07) is 9.55. The van der Waals surface area contributed by atoms with Crippen molar-refractivity contribution in [1.29, 1.82) is 0 Å². The van der Waals surface area contributed by atoms with Crippen LogP contribution in [0.5, 0.6) is 0 Å². The number of carbonyl (C=O) groups excluding carboxylic acids is 3. The second-order valence-electron chi connectivity index (χ2n) is 6.32. The molecule has 1 heterocycles. The third-order valence-electron chi connectivity index (χ3n) is 3.99. The van der Waals surface area contributed by atoms with Crippen molar-refractivity contribution in [3.8, 4) is 0 Å². The van der Waals surface area contributed by atoms with Crippen LogP contribution < -0.4 is 16.0 Å². The molecule has 0 unspecified atom stereocenters. The Balaban J connectivity index is 1.63. The molecule has 29 heavy (non-hydrogen) atoms. The second kappa shape index (κ2) is 8.16. The molecule has 6 nitrogen and oxygen atoms in total. The van der Waals surface area contributed by atoms with E-state index in [9.17, 15) is 27.6 Å². The first kappa shape index (κ1) is 20.7. The van der Waals surface area contributed by atoms with Crippen molar-refractivity contribution < 1.29 is 27.6 Å². The van der Waals surface area contributed by atoms with Crippen LogP contribution in [0.25, 0.3) is 0 Å². The molecule has 0 saturated carbocycles. The Labute approximate surface area is 168 Å². The van der Waals surface area contributed by atoms with Gasteiger partial charge in [0.05, 0.1) is 16.5 Å². The summed E-state index contributed by atoms with van der Waals surface area (Å²) < 4.78 is 38.4. The molecule has 152 valence electrons. The van der Waals surface area contributed by atoms with Gasteiger partial charge in [0.15, 0.2) is 0 Å². The fraction of sp³-hybridized carbons (Fsp3) is 0.211. The van der Waals surface area contributed by atoms with Gasteiger partial charge in [0.1, 0.15) is 0 Å². The van der Waals surface area contributed by atoms with Crippen molar-refractivity contribution in [1.82, 2.24) is 0 Å². The largest absolute Gasteiger partial charge is 0.416 e. The van der Waals surface area contributed by atoms with Crippen molar-refractivity contribution in [3.63, 3.8) is 0 Å². The number of benzene rings is 2. The van der Waals surface area contributed by atoms with Gasteiger partial charge < -0.3 is 16.0 Å². The summed E-state index contributed by atoms with van der Waals surface area (Å²) in [5.41, 5.74) is 0.296. The molecule has 0 spiro atoms. The standard InChI is InChI=1S/C19H16F3N3O3S/c1-10(26)23-12-3-5-13(6-4-12)24-17(27)9-16-18(28)25-14-8-11(19(20,21)22)2-7-15(14)29-16/h2-8,16H,9H2,1H3,(H,23,26)(H,24,27)(H,25,28)/t16-/m1/s1. The third kappa shape index (κ3) is 5.29. The monoisotopic (exact) mass is 423 g/mol. The number of halogens is 3.